The first-order valence-electron chi connectivity index (χ1n) is 4.57. The maximum Gasteiger partial charge on any atom is 0.335 e. The van der Waals surface area contributed by atoms with E-state index in [2.05, 4.69) is 0 Å². The highest BCUT2D eigenvalue weighted by Gasteiger charge is 2.13. The summed E-state index contributed by atoms with van der Waals surface area (Å²) >= 11 is 0. The molecule has 0 aliphatic heterocycles. The van der Waals surface area contributed by atoms with Crippen molar-refractivity contribution in [2.24, 2.45) is 0 Å². The Morgan fingerprint density at radius 1 is 1.36 bits per heavy atom. The zero-order valence-electron chi connectivity index (χ0n) is 8.95. The van der Waals surface area contributed by atoms with Crippen molar-refractivity contribution in [1.82, 2.24) is 0 Å². The van der Waals surface area contributed by atoms with Gasteiger partial charge in [0, 0.05) is 7.11 Å². The first kappa shape index (κ1) is 13.4. The Labute approximate surface area is 84.3 Å². The molecule has 0 saturated heterocycles. The van der Waals surface area contributed by atoms with E-state index >= 15 is 0 Å². The lowest BCUT2D eigenvalue weighted by Gasteiger charge is -2.11. The van der Waals surface area contributed by atoms with E-state index in [1.807, 2.05) is 0 Å². The van der Waals surface area contributed by atoms with Crippen molar-refractivity contribution in [3.8, 4) is 0 Å². The monoisotopic (exact) mass is 206 g/mol. The molecule has 0 N–H and O–H groups in total. The molecule has 0 heterocycles. The van der Waals surface area contributed by atoms with Gasteiger partial charge in [-0.05, 0) is 13.8 Å². The second kappa shape index (κ2) is 8.93. The zero-order valence-corrected chi connectivity index (χ0v) is 8.95. The molecule has 1 atom stereocenters. The van der Waals surface area contributed by atoms with E-state index in [-0.39, 0.29) is 12.8 Å². The van der Waals surface area contributed by atoms with Crippen molar-refractivity contribution in [3.63, 3.8) is 0 Å². The van der Waals surface area contributed by atoms with Gasteiger partial charge in [-0.1, -0.05) is 0 Å². The lowest BCUT2D eigenvalue weighted by Crippen LogP contribution is -2.24. The van der Waals surface area contributed by atoms with E-state index in [1.54, 1.807) is 21.0 Å². The molecule has 0 unspecified atom stereocenters. The van der Waals surface area contributed by atoms with Crippen LogP contribution in [-0.2, 0) is 23.7 Å². The summed E-state index contributed by atoms with van der Waals surface area (Å²) in [5.41, 5.74) is 0. The topological polar surface area (TPSA) is 54.0 Å². The molecule has 0 aromatic carbocycles. The number of ether oxygens (including phenoxy) is 4. The molecule has 0 fully saturated rings. The van der Waals surface area contributed by atoms with Gasteiger partial charge in [0.15, 0.2) is 6.10 Å². The normalized spacial score (nSPS) is 12.5. The standard InChI is InChI=1S/C9H18O5/c1-4-13-9(10)8(2)14-7-12-6-5-11-3/h8H,4-7H2,1-3H3/t8-/m0/s1. The Hall–Kier alpha value is -0.650. The second-order valence-electron chi connectivity index (χ2n) is 2.58. The molecule has 0 spiro atoms. The van der Waals surface area contributed by atoms with Crippen LogP contribution >= 0.6 is 0 Å². The molecule has 0 aromatic rings. The molecule has 0 aliphatic carbocycles. The molecule has 0 radical (unpaired) electrons. The summed E-state index contributed by atoms with van der Waals surface area (Å²) in [7, 11) is 1.59. The SMILES string of the molecule is CCOC(=O)[C@H](C)OCOCCOC. The van der Waals surface area contributed by atoms with Crippen molar-refractivity contribution in [3.05, 3.63) is 0 Å². The molecule has 0 bridgehead atoms. The Bertz CT molecular complexity index is 148. The van der Waals surface area contributed by atoms with Crippen molar-refractivity contribution in [2.45, 2.75) is 20.0 Å². The summed E-state index contributed by atoms with van der Waals surface area (Å²) in [6.07, 6.45) is -0.586. The molecule has 0 aliphatic rings. The number of hydrogen-bond donors (Lipinski definition) is 0. The summed E-state index contributed by atoms with van der Waals surface area (Å²) in [5.74, 6) is -0.372. The van der Waals surface area contributed by atoms with Gasteiger partial charge in [0.2, 0.25) is 0 Å². The molecular formula is C9H18O5. The summed E-state index contributed by atoms with van der Waals surface area (Å²) in [4.78, 5) is 11.0. The van der Waals surface area contributed by atoms with Gasteiger partial charge in [-0.3, -0.25) is 0 Å². The average molecular weight is 206 g/mol. The van der Waals surface area contributed by atoms with Crippen molar-refractivity contribution < 1.29 is 23.7 Å². The predicted molar refractivity (Wildman–Crippen MR) is 49.9 cm³/mol. The van der Waals surface area contributed by atoms with Crippen LogP contribution in [0.2, 0.25) is 0 Å². The highest BCUT2D eigenvalue weighted by molar-refractivity contribution is 5.74. The Kier molecular flexibility index (Phi) is 8.51. The summed E-state index contributed by atoms with van der Waals surface area (Å²) < 4.78 is 19.6. The van der Waals surface area contributed by atoms with Crippen LogP contribution in [0.15, 0.2) is 0 Å². The van der Waals surface area contributed by atoms with Crippen LogP contribution in [0.4, 0.5) is 0 Å². The van der Waals surface area contributed by atoms with Gasteiger partial charge in [-0.15, -0.1) is 0 Å². The fraction of sp³-hybridized carbons (Fsp3) is 0.889. The fourth-order valence-corrected chi connectivity index (χ4v) is 0.679. The smallest absolute Gasteiger partial charge is 0.335 e. The van der Waals surface area contributed by atoms with Gasteiger partial charge in [-0.2, -0.15) is 0 Å². The third-order valence-corrected chi connectivity index (χ3v) is 1.45. The van der Waals surface area contributed by atoms with E-state index in [4.69, 9.17) is 18.9 Å². The second-order valence-corrected chi connectivity index (χ2v) is 2.58. The minimum Gasteiger partial charge on any atom is -0.464 e. The van der Waals surface area contributed by atoms with Crippen LogP contribution in [0, 0.1) is 0 Å². The Morgan fingerprint density at radius 2 is 2.07 bits per heavy atom. The van der Waals surface area contributed by atoms with Crippen molar-refractivity contribution in [1.29, 1.82) is 0 Å². The van der Waals surface area contributed by atoms with E-state index in [0.29, 0.717) is 19.8 Å². The summed E-state index contributed by atoms with van der Waals surface area (Å²) in [5, 5.41) is 0. The first-order valence-corrected chi connectivity index (χ1v) is 4.57. The highest BCUT2D eigenvalue weighted by Crippen LogP contribution is 1.94. The lowest BCUT2D eigenvalue weighted by molar-refractivity contribution is -0.165. The Balaban J connectivity index is 3.34. The van der Waals surface area contributed by atoms with Gasteiger partial charge < -0.3 is 18.9 Å². The minimum atomic E-state index is -0.586. The third kappa shape index (κ3) is 6.82. The van der Waals surface area contributed by atoms with Gasteiger partial charge in [0.25, 0.3) is 0 Å². The van der Waals surface area contributed by atoms with E-state index < -0.39 is 6.10 Å². The molecular weight excluding hydrogens is 188 g/mol. The van der Waals surface area contributed by atoms with Gasteiger partial charge >= 0.3 is 5.97 Å². The third-order valence-electron chi connectivity index (χ3n) is 1.45. The van der Waals surface area contributed by atoms with Gasteiger partial charge in [0.1, 0.15) is 6.79 Å². The maximum atomic E-state index is 11.0. The fourth-order valence-electron chi connectivity index (χ4n) is 0.679. The van der Waals surface area contributed by atoms with Crippen molar-refractivity contribution >= 4 is 5.97 Å². The molecule has 5 heteroatoms. The number of hydrogen-bond acceptors (Lipinski definition) is 5. The predicted octanol–water partition coefficient (Wildman–Crippen LogP) is 0.575. The van der Waals surface area contributed by atoms with Gasteiger partial charge in [0.05, 0.1) is 19.8 Å². The first-order chi connectivity index (χ1) is 6.72. The maximum absolute atomic E-state index is 11.0. The van der Waals surface area contributed by atoms with Crippen LogP contribution in [0.1, 0.15) is 13.8 Å². The van der Waals surface area contributed by atoms with E-state index in [0.717, 1.165) is 0 Å². The number of carbonyl (C=O) groups is 1. The summed E-state index contributed by atoms with van der Waals surface area (Å²) in [6, 6.07) is 0. The highest BCUT2D eigenvalue weighted by atomic mass is 16.7. The van der Waals surface area contributed by atoms with Crippen LogP contribution in [-0.4, -0.2) is 45.8 Å². The van der Waals surface area contributed by atoms with Crippen LogP contribution in [0.25, 0.3) is 0 Å². The average Bonchev–Trinajstić information content (AvgIpc) is 2.17. The van der Waals surface area contributed by atoms with Crippen LogP contribution in [0.5, 0.6) is 0 Å². The molecule has 5 nitrogen and oxygen atoms in total. The summed E-state index contributed by atoms with van der Waals surface area (Å²) in [6.45, 7) is 4.76. The molecule has 0 saturated carbocycles. The zero-order chi connectivity index (χ0) is 10.8. The number of esters is 1. The largest absolute Gasteiger partial charge is 0.464 e. The van der Waals surface area contributed by atoms with Crippen molar-refractivity contribution in [2.75, 3.05) is 33.7 Å². The molecule has 0 amide bonds. The molecule has 84 valence electrons. The quantitative estimate of drug-likeness (QED) is 0.330. The molecule has 14 heavy (non-hydrogen) atoms. The number of carbonyl (C=O) groups excluding carboxylic acids is 1. The van der Waals surface area contributed by atoms with E-state index in [1.165, 1.54) is 0 Å². The van der Waals surface area contributed by atoms with Crippen LogP contribution < -0.4 is 0 Å². The Morgan fingerprint density at radius 3 is 2.64 bits per heavy atom. The lowest BCUT2D eigenvalue weighted by atomic mass is 10.4. The molecule has 0 rings (SSSR count). The number of methoxy groups -OCH3 is 1. The molecule has 0 aromatic heterocycles. The minimum absolute atomic E-state index is 0.0728. The number of rotatable bonds is 8. The van der Waals surface area contributed by atoms with E-state index in [9.17, 15) is 4.79 Å². The van der Waals surface area contributed by atoms with Crippen LogP contribution in [0.3, 0.4) is 0 Å². The van der Waals surface area contributed by atoms with Gasteiger partial charge in [-0.25, -0.2) is 4.79 Å².